The van der Waals surface area contributed by atoms with Crippen molar-refractivity contribution in [2.45, 2.75) is 32.7 Å². The summed E-state index contributed by atoms with van der Waals surface area (Å²) in [6.07, 6.45) is 1.13. The number of carbonyl (C=O) groups is 1. The summed E-state index contributed by atoms with van der Waals surface area (Å²) in [5, 5.41) is 3.53. The van der Waals surface area contributed by atoms with E-state index in [0.29, 0.717) is 27.8 Å². The fourth-order valence-electron chi connectivity index (χ4n) is 4.71. The molecule has 3 aromatic rings. The predicted molar refractivity (Wildman–Crippen MR) is 133 cm³/mol. The van der Waals surface area contributed by atoms with E-state index in [9.17, 15) is 4.79 Å². The molecule has 178 valence electrons. The van der Waals surface area contributed by atoms with Crippen molar-refractivity contribution in [2.75, 3.05) is 32.8 Å². The fourth-order valence-corrected chi connectivity index (χ4v) is 4.90. The average Bonchev–Trinajstić information content (AvgIpc) is 3.15. The maximum Gasteiger partial charge on any atom is 0.227 e. The third kappa shape index (κ3) is 5.04. The van der Waals surface area contributed by atoms with Crippen LogP contribution in [-0.2, 0) is 22.4 Å². The van der Waals surface area contributed by atoms with Crippen molar-refractivity contribution in [3.05, 3.63) is 64.9 Å². The van der Waals surface area contributed by atoms with Crippen molar-refractivity contribution in [2.24, 2.45) is 5.41 Å². The maximum atomic E-state index is 12.4. The number of nitrogens with zero attached hydrogens (tertiary/aromatic N) is 2. The molecule has 1 N–H and O–H groups in total. The zero-order valence-electron chi connectivity index (χ0n) is 19.6. The molecule has 0 saturated carbocycles. The van der Waals surface area contributed by atoms with Crippen molar-refractivity contribution < 1.29 is 13.9 Å². The van der Waals surface area contributed by atoms with Crippen LogP contribution in [0.5, 0.6) is 0 Å². The van der Waals surface area contributed by atoms with E-state index < -0.39 is 0 Å². The molecular formula is C27H30ClN3O3. The predicted octanol–water partition coefficient (Wildman–Crippen LogP) is 4.60. The van der Waals surface area contributed by atoms with Gasteiger partial charge < -0.3 is 19.4 Å². The number of carbonyl (C=O) groups excluding carboxylic acids is 1. The Bertz CT molecular complexity index is 1160. The molecule has 2 saturated heterocycles. The number of nitrogens with one attached hydrogen (secondary N) is 1. The van der Waals surface area contributed by atoms with E-state index in [1.165, 1.54) is 5.56 Å². The summed E-state index contributed by atoms with van der Waals surface area (Å²) in [6.45, 7) is 9.09. The number of aromatic nitrogens is 1. The first-order valence-electron chi connectivity index (χ1n) is 11.8. The van der Waals surface area contributed by atoms with Gasteiger partial charge in [0.15, 0.2) is 0 Å². The van der Waals surface area contributed by atoms with Gasteiger partial charge in [-0.05, 0) is 50.1 Å². The highest BCUT2D eigenvalue weighted by molar-refractivity contribution is 6.30. The number of hydrogen-bond donors (Lipinski definition) is 1. The van der Waals surface area contributed by atoms with Crippen molar-refractivity contribution in [1.29, 1.82) is 0 Å². The molecule has 2 fully saturated rings. The first-order valence-corrected chi connectivity index (χ1v) is 12.2. The van der Waals surface area contributed by atoms with Gasteiger partial charge in [-0.15, -0.1) is 0 Å². The van der Waals surface area contributed by atoms with E-state index in [1.54, 1.807) is 0 Å². The molecule has 0 bridgehead atoms. The molecule has 3 heterocycles. The van der Waals surface area contributed by atoms with E-state index in [-0.39, 0.29) is 18.4 Å². The number of hydrogen-bond acceptors (Lipinski definition) is 5. The van der Waals surface area contributed by atoms with Crippen molar-refractivity contribution >= 4 is 17.5 Å². The molecule has 0 radical (unpaired) electrons. The van der Waals surface area contributed by atoms with Crippen molar-refractivity contribution in [3.8, 4) is 22.7 Å². The molecule has 0 unspecified atom stereocenters. The molecular weight excluding hydrogens is 450 g/mol. The molecule has 2 aliphatic heterocycles. The lowest BCUT2D eigenvalue weighted by atomic mass is 9.78. The standard InChI is InChI=1S/C27H30ClN3O3/c1-18(2)29-24(32)13-23-25(21-4-3-5-22(28)12-21)30-26(34-23)20-8-6-19(7-9-20)10-11-31-14-27(15-31)16-33-17-27/h3-9,12,18H,10-11,13-17H2,1-2H3,(H,29,32). The minimum atomic E-state index is -0.0995. The van der Waals surface area contributed by atoms with Crippen LogP contribution >= 0.6 is 11.6 Å². The molecule has 1 spiro atoms. The molecule has 2 aliphatic rings. The number of likely N-dealkylation sites (tertiary alicyclic amines) is 1. The van der Waals surface area contributed by atoms with Crippen LogP contribution in [0, 0.1) is 5.41 Å². The summed E-state index contributed by atoms with van der Waals surface area (Å²) in [5.41, 5.74) is 4.10. The summed E-state index contributed by atoms with van der Waals surface area (Å²) in [4.78, 5) is 19.7. The number of ether oxygens (including phenoxy) is 1. The van der Waals surface area contributed by atoms with Gasteiger partial charge >= 0.3 is 0 Å². The normalized spacial score (nSPS) is 16.9. The summed E-state index contributed by atoms with van der Waals surface area (Å²) in [6, 6.07) is 15.9. The number of rotatable bonds is 8. The largest absolute Gasteiger partial charge is 0.440 e. The second kappa shape index (κ2) is 9.53. The van der Waals surface area contributed by atoms with Crippen LogP contribution < -0.4 is 5.32 Å². The van der Waals surface area contributed by atoms with Crippen LogP contribution in [0.4, 0.5) is 0 Å². The Kier molecular flexibility index (Phi) is 6.47. The average molecular weight is 480 g/mol. The van der Waals surface area contributed by atoms with E-state index in [1.807, 2.05) is 50.2 Å². The van der Waals surface area contributed by atoms with Crippen LogP contribution in [-0.4, -0.2) is 54.7 Å². The smallest absolute Gasteiger partial charge is 0.227 e. The summed E-state index contributed by atoms with van der Waals surface area (Å²) < 4.78 is 11.5. The van der Waals surface area contributed by atoms with Gasteiger partial charge in [-0.1, -0.05) is 35.9 Å². The number of halogens is 1. The number of amides is 1. The van der Waals surface area contributed by atoms with Crippen LogP contribution in [0.25, 0.3) is 22.7 Å². The van der Waals surface area contributed by atoms with Gasteiger partial charge in [0.25, 0.3) is 0 Å². The van der Waals surface area contributed by atoms with E-state index >= 15 is 0 Å². The first kappa shape index (κ1) is 23.1. The summed E-state index contributed by atoms with van der Waals surface area (Å²) in [5.74, 6) is 0.937. The highest BCUT2D eigenvalue weighted by atomic mass is 35.5. The topological polar surface area (TPSA) is 67.6 Å². The highest BCUT2D eigenvalue weighted by Crippen LogP contribution is 2.37. The van der Waals surface area contributed by atoms with Gasteiger partial charge in [0.05, 0.1) is 19.6 Å². The Morgan fingerprint density at radius 1 is 1.15 bits per heavy atom. The lowest BCUT2D eigenvalue weighted by Gasteiger charge is -2.55. The third-order valence-corrected chi connectivity index (χ3v) is 6.65. The fraction of sp³-hybridized carbons (Fsp3) is 0.407. The van der Waals surface area contributed by atoms with Crippen LogP contribution in [0.2, 0.25) is 5.02 Å². The molecule has 5 rings (SSSR count). The van der Waals surface area contributed by atoms with E-state index in [2.05, 4.69) is 22.3 Å². The molecule has 7 heteroatoms. The third-order valence-electron chi connectivity index (χ3n) is 6.42. The van der Waals surface area contributed by atoms with Gasteiger partial charge in [0.2, 0.25) is 11.8 Å². The zero-order chi connectivity index (χ0) is 23.7. The molecule has 0 atom stereocenters. The van der Waals surface area contributed by atoms with Crippen LogP contribution in [0.15, 0.2) is 52.9 Å². The van der Waals surface area contributed by atoms with Crippen LogP contribution in [0.3, 0.4) is 0 Å². The minimum Gasteiger partial charge on any atom is -0.440 e. The van der Waals surface area contributed by atoms with Gasteiger partial charge in [-0.3, -0.25) is 4.79 Å². The number of oxazole rings is 1. The Hall–Kier alpha value is -2.67. The zero-order valence-corrected chi connectivity index (χ0v) is 20.4. The Balaban J connectivity index is 1.31. The second-order valence-corrected chi connectivity index (χ2v) is 10.3. The lowest BCUT2D eigenvalue weighted by Crippen LogP contribution is -2.66. The van der Waals surface area contributed by atoms with E-state index in [0.717, 1.165) is 50.4 Å². The molecule has 2 aromatic carbocycles. The van der Waals surface area contributed by atoms with Gasteiger partial charge in [0.1, 0.15) is 11.5 Å². The Morgan fingerprint density at radius 3 is 2.56 bits per heavy atom. The summed E-state index contributed by atoms with van der Waals surface area (Å²) >= 11 is 6.21. The van der Waals surface area contributed by atoms with Gasteiger partial charge in [-0.25, -0.2) is 4.98 Å². The Morgan fingerprint density at radius 2 is 1.91 bits per heavy atom. The Labute approximate surface area is 205 Å². The molecule has 1 amide bonds. The lowest BCUT2D eigenvalue weighted by molar-refractivity contribution is -0.188. The number of benzene rings is 2. The molecule has 1 aromatic heterocycles. The molecule has 0 aliphatic carbocycles. The van der Waals surface area contributed by atoms with Crippen molar-refractivity contribution in [1.82, 2.24) is 15.2 Å². The van der Waals surface area contributed by atoms with Crippen LogP contribution in [0.1, 0.15) is 25.2 Å². The second-order valence-electron chi connectivity index (χ2n) is 9.85. The molecule has 6 nitrogen and oxygen atoms in total. The molecule has 34 heavy (non-hydrogen) atoms. The van der Waals surface area contributed by atoms with E-state index in [4.69, 9.17) is 25.7 Å². The highest BCUT2D eigenvalue weighted by Gasteiger charge is 2.48. The maximum absolute atomic E-state index is 12.4. The SMILES string of the molecule is CC(C)NC(=O)Cc1oc(-c2ccc(CCN3CC4(COC4)C3)cc2)nc1-c1cccc(Cl)c1. The van der Waals surface area contributed by atoms with Crippen molar-refractivity contribution in [3.63, 3.8) is 0 Å². The van der Waals surface area contributed by atoms with Gasteiger partial charge in [0, 0.05) is 47.2 Å². The monoisotopic (exact) mass is 479 g/mol. The summed E-state index contributed by atoms with van der Waals surface area (Å²) in [7, 11) is 0. The quantitative estimate of drug-likeness (QED) is 0.511. The van der Waals surface area contributed by atoms with Gasteiger partial charge in [-0.2, -0.15) is 0 Å². The minimum absolute atomic E-state index is 0.0564. The first-order chi connectivity index (χ1) is 16.4.